The largest absolute Gasteiger partial charge is 0.290 e. The van der Waals surface area contributed by atoms with Crippen molar-refractivity contribution in [2.45, 2.75) is 39.9 Å². The molecule has 3 nitrogen and oxygen atoms in total. The summed E-state index contributed by atoms with van der Waals surface area (Å²) in [5.74, 6) is 0.692. The highest BCUT2D eigenvalue weighted by atomic mass is 15.2. The van der Waals surface area contributed by atoms with Gasteiger partial charge in [0, 0.05) is 30.9 Å². The Morgan fingerprint density at radius 2 is 2.07 bits per heavy atom. The summed E-state index contributed by atoms with van der Waals surface area (Å²) in [6, 6.07) is 0.615. The number of rotatable bonds is 2. The Hall–Kier alpha value is -0.960. The molecule has 3 heteroatoms. The molecule has 0 fully saturated rings. The Labute approximate surface area is 85.2 Å². The third-order valence-corrected chi connectivity index (χ3v) is 3.15. The van der Waals surface area contributed by atoms with Crippen LogP contribution in [0.5, 0.6) is 0 Å². The van der Waals surface area contributed by atoms with E-state index < -0.39 is 0 Å². The zero-order valence-corrected chi connectivity index (χ0v) is 9.07. The first kappa shape index (κ1) is 9.59. The summed E-state index contributed by atoms with van der Waals surface area (Å²) in [6.45, 7) is 8.80. The van der Waals surface area contributed by atoms with Crippen LogP contribution in [0.1, 0.15) is 32.0 Å². The maximum atomic E-state index is 4.30. The molecular formula is C11H17N3. The molecule has 2 rings (SSSR count). The monoisotopic (exact) mass is 191 g/mol. The van der Waals surface area contributed by atoms with Crippen LogP contribution >= 0.6 is 0 Å². The zero-order chi connectivity index (χ0) is 10.1. The van der Waals surface area contributed by atoms with E-state index in [0.717, 1.165) is 13.1 Å². The highest BCUT2D eigenvalue weighted by molar-refractivity contribution is 5.20. The smallest absolute Gasteiger partial charge is 0.115 e. The standard InChI is InChI=1S/C11H17N3/c1-8(2)9(3)14-5-10-4-12-7-13-11(10)6-14/h4,7-9H,5-6H2,1-3H3. The van der Waals surface area contributed by atoms with Crippen LogP contribution in [0.4, 0.5) is 0 Å². The third-order valence-electron chi connectivity index (χ3n) is 3.15. The van der Waals surface area contributed by atoms with E-state index in [1.165, 1.54) is 11.3 Å². The molecule has 1 unspecified atom stereocenters. The van der Waals surface area contributed by atoms with Crippen LogP contribution in [-0.2, 0) is 13.1 Å². The van der Waals surface area contributed by atoms with Crippen LogP contribution < -0.4 is 0 Å². The Morgan fingerprint density at radius 3 is 2.71 bits per heavy atom. The number of fused-ring (bicyclic) bond motifs is 1. The average molecular weight is 191 g/mol. The van der Waals surface area contributed by atoms with E-state index in [4.69, 9.17) is 0 Å². The van der Waals surface area contributed by atoms with Crippen LogP contribution in [0.3, 0.4) is 0 Å². The molecule has 1 atom stereocenters. The molecule has 1 aliphatic heterocycles. The lowest BCUT2D eigenvalue weighted by Crippen LogP contribution is -2.32. The molecule has 1 aromatic heterocycles. The molecule has 0 bridgehead atoms. The minimum Gasteiger partial charge on any atom is -0.290 e. The number of hydrogen-bond donors (Lipinski definition) is 0. The van der Waals surface area contributed by atoms with E-state index in [1.807, 2.05) is 6.20 Å². The van der Waals surface area contributed by atoms with Crippen molar-refractivity contribution in [2.75, 3.05) is 0 Å². The van der Waals surface area contributed by atoms with Gasteiger partial charge >= 0.3 is 0 Å². The molecule has 0 spiro atoms. The molecule has 76 valence electrons. The lowest BCUT2D eigenvalue weighted by molar-refractivity contribution is 0.169. The fourth-order valence-corrected chi connectivity index (χ4v) is 1.83. The maximum Gasteiger partial charge on any atom is 0.115 e. The summed E-state index contributed by atoms with van der Waals surface area (Å²) in [5, 5.41) is 0. The first-order chi connectivity index (χ1) is 6.68. The summed E-state index contributed by atoms with van der Waals surface area (Å²) in [6.07, 6.45) is 3.58. The summed E-state index contributed by atoms with van der Waals surface area (Å²) in [7, 11) is 0. The van der Waals surface area contributed by atoms with Crippen LogP contribution in [0.25, 0.3) is 0 Å². The summed E-state index contributed by atoms with van der Waals surface area (Å²) in [5.41, 5.74) is 2.49. The van der Waals surface area contributed by atoms with E-state index in [2.05, 4.69) is 35.6 Å². The van der Waals surface area contributed by atoms with Crippen molar-refractivity contribution in [3.63, 3.8) is 0 Å². The van der Waals surface area contributed by atoms with Crippen LogP contribution in [0.15, 0.2) is 12.5 Å². The molecule has 0 aliphatic carbocycles. The molecule has 14 heavy (non-hydrogen) atoms. The normalized spacial score (nSPS) is 18.6. The van der Waals surface area contributed by atoms with Gasteiger partial charge in [0.15, 0.2) is 0 Å². The van der Waals surface area contributed by atoms with Gasteiger partial charge in [-0.2, -0.15) is 0 Å². The molecule has 1 aromatic rings. The van der Waals surface area contributed by atoms with E-state index >= 15 is 0 Å². The van der Waals surface area contributed by atoms with Gasteiger partial charge in [0.05, 0.1) is 5.69 Å². The molecule has 0 N–H and O–H groups in total. The van der Waals surface area contributed by atoms with Crippen LogP contribution in [0.2, 0.25) is 0 Å². The second-order valence-corrected chi connectivity index (χ2v) is 4.38. The fourth-order valence-electron chi connectivity index (χ4n) is 1.83. The van der Waals surface area contributed by atoms with Crippen molar-refractivity contribution in [3.8, 4) is 0 Å². The average Bonchev–Trinajstić information content (AvgIpc) is 2.59. The summed E-state index contributed by atoms with van der Waals surface area (Å²) >= 11 is 0. The second-order valence-electron chi connectivity index (χ2n) is 4.38. The van der Waals surface area contributed by atoms with Gasteiger partial charge in [-0.15, -0.1) is 0 Å². The molecule has 0 saturated heterocycles. The highest BCUT2D eigenvalue weighted by Crippen LogP contribution is 2.24. The number of aromatic nitrogens is 2. The van der Waals surface area contributed by atoms with Crippen molar-refractivity contribution in [1.29, 1.82) is 0 Å². The minimum atomic E-state index is 0.615. The van der Waals surface area contributed by atoms with Gasteiger partial charge in [-0.3, -0.25) is 4.90 Å². The number of hydrogen-bond acceptors (Lipinski definition) is 3. The van der Waals surface area contributed by atoms with Gasteiger partial charge in [0.25, 0.3) is 0 Å². The molecule has 1 aliphatic rings. The van der Waals surface area contributed by atoms with Crippen molar-refractivity contribution in [2.24, 2.45) is 5.92 Å². The molecule has 0 aromatic carbocycles. The maximum absolute atomic E-state index is 4.30. The lowest BCUT2D eigenvalue weighted by Gasteiger charge is -2.26. The predicted octanol–water partition coefficient (Wildman–Crippen LogP) is 1.84. The Kier molecular flexibility index (Phi) is 2.50. The molecule has 0 saturated carbocycles. The van der Waals surface area contributed by atoms with E-state index in [1.54, 1.807) is 6.33 Å². The van der Waals surface area contributed by atoms with Crippen LogP contribution in [-0.4, -0.2) is 20.9 Å². The van der Waals surface area contributed by atoms with Gasteiger partial charge in [-0.25, -0.2) is 9.97 Å². The fraction of sp³-hybridized carbons (Fsp3) is 0.636. The highest BCUT2D eigenvalue weighted by Gasteiger charge is 2.25. The lowest BCUT2D eigenvalue weighted by atomic mass is 10.1. The molecule has 2 heterocycles. The first-order valence-corrected chi connectivity index (χ1v) is 5.20. The summed E-state index contributed by atoms with van der Waals surface area (Å²) in [4.78, 5) is 10.8. The molecule has 0 amide bonds. The van der Waals surface area contributed by atoms with Gasteiger partial charge in [0.2, 0.25) is 0 Å². The van der Waals surface area contributed by atoms with Crippen molar-refractivity contribution >= 4 is 0 Å². The topological polar surface area (TPSA) is 29.0 Å². The van der Waals surface area contributed by atoms with Crippen molar-refractivity contribution in [3.05, 3.63) is 23.8 Å². The molecule has 0 radical (unpaired) electrons. The molecular weight excluding hydrogens is 174 g/mol. The predicted molar refractivity (Wildman–Crippen MR) is 55.6 cm³/mol. The Morgan fingerprint density at radius 1 is 1.29 bits per heavy atom. The van der Waals surface area contributed by atoms with Gasteiger partial charge in [-0.05, 0) is 12.8 Å². The SMILES string of the molecule is CC(C)C(C)N1Cc2cncnc2C1. The second kappa shape index (κ2) is 3.65. The zero-order valence-electron chi connectivity index (χ0n) is 9.07. The number of nitrogens with zero attached hydrogens (tertiary/aromatic N) is 3. The van der Waals surface area contributed by atoms with Gasteiger partial charge < -0.3 is 0 Å². The third kappa shape index (κ3) is 1.64. The summed E-state index contributed by atoms with van der Waals surface area (Å²) < 4.78 is 0. The van der Waals surface area contributed by atoms with Crippen molar-refractivity contribution in [1.82, 2.24) is 14.9 Å². The Bertz CT molecular complexity index is 297. The first-order valence-electron chi connectivity index (χ1n) is 5.20. The van der Waals surface area contributed by atoms with Crippen LogP contribution in [0, 0.1) is 5.92 Å². The van der Waals surface area contributed by atoms with E-state index in [-0.39, 0.29) is 0 Å². The van der Waals surface area contributed by atoms with Crippen molar-refractivity contribution < 1.29 is 0 Å². The van der Waals surface area contributed by atoms with E-state index in [0.29, 0.717) is 12.0 Å². The van der Waals surface area contributed by atoms with E-state index in [9.17, 15) is 0 Å². The van der Waals surface area contributed by atoms with Gasteiger partial charge in [0.1, 0.15) is 6.33 Å². The quantitative estimate of drug-likeness (QED) is 0.714. The Balaban J connectivity index is 2.12. The minimum absolute atomic E-state index is 0.615. The van der Waals surface area contributed by atoms with Gasteiger partial charge in [-0.1, -0.05) is 13.8 Å².